The normalized spacial score (nSPS) is 10.1. The van der Waals surface area contributed by atoms with E-state index in [1.807, 2.05) is 6.08 Å². The van der Waals surface area contributed by atoms with Crippen LogP contribution >= 0.6 is 0 Å². The second-order valence-corrected chi connectivity index (χ2v) is 4.82. The largest absolute Gasteiger partial charge is 0.462 e. The Morgan fingerprint density at radius 1 is 1.00 bits per heavy atom. The van der Waals surface area contributed by atoms with Crippen molar-refractivity contribution in [2.45, 2.75) is 64.7 Å². The summed E-state index contributed by atoms with van der Waals surface area (Å²) < 4.78 is 5.03. The highest BCUT2D eigenvalue weighted by molar-refractivity contribution is 5.86. The molecule has 0 saturated carbocycles. The third-order valence-corrected chi connectivity index (χ3v) is 2.88. The minimum atomic E-state index is -0.266. The number of allylic oxidation sites excluding steroid dienone is 1. The molecule has 2 nitrogen and oxygen atoms in total. The lowest BCUT2D eigenvalue weighted by Crippen LogP contribution is -2.05. The Bertz CT molecular complexity index is 243. The maximum absolute atomic E-state index is 11.1. The van der Waals surface area contributed by atoms with Crippen molar-refractivity contribution in [1.82, 2.24) is 0 Å². The molecule has 0 aliphatic rings. The molecule has 0 atom stereocenters. The topological polar surface area (TPSA) is 26.3 Å². The highest BCUT2D eigenvalue weighted by Crippen LogP contribution is 2.10. The van der Waals surface area contributed by atoms with E-state index in [4.69, 9.17) is 4.74 Å². The van der Waals surface area contributed by atoms with Gasteiger partial charge in [-0.2, -0.15) is 0 Å². The Hall–Kier alpha value is -1.05. The van der Waals surface area contributed by atoms with Crippen LogP contribution in [0.15, 0.2) is 24.8 Å². The molecule has 0 unspecified atom stereocenters. The van der Waals surface area contributed by atoms with Gasteiger partial charge in [-0.25, -0.2) is 4.79 Å². The van der Waals surface area contributed by atoms with Gasteiger partial charge in [0.25, 0.3) is 0 Å². The summed E-state index contributed by atoms with van der Waals surface area (Å²) in [6.07, 6.45) is 13.0. The molecule has 0 aliphatic carbocycles. The zero-order chi connectivity index (χ0) is 13.6. The molecule has 18 heavy (non-hydrogen) atoms. The van der Waals surface area contributed by atoms with Gasteiger partial charge in [-0.3, -0.25) is 0 Å². The molecule has 0 rings (SSSR count). The number of carbonyl (C=O) groups is 1. The second kappa shape index (κ2) is 12.4. The first-order chi connectivity index (χ1) is 8.68. The SMILES string of the molecule is C=CCCCCCCCCCCOC(=O)C(=C)C. The predicted octanol–water partition coefficient (Wildman–Crippen LogP) is 4.80. The summed E-state index contributed by atoms with van der Waals surface area (Å²) in [6, 6.07) is 0. The monoisotopic (exact) mass is 252 g/mol. The number of hydrogen-bond donors (Lipinski definition) is 0. The maximum atomic E-state index is 11.1. The van der Waals surface area contributed by atoms with Gasteiger partial charge in [-0.05, 0) is 26.2 Å². The Labute approximate surface area is 112 Å². The number of rotatable bonds is 12. The summed E-state index contributed by atoms with van der Waals surface area (Å²) in [6.45, 7) is 9.47. The quantitative estimate of drug-likeness (QED) is 0.216. The van der Waals surface area contributed by atoms with Gasteiger partial charge < -0.3 is 4.74 Å². The highest BCUT2D eigenvalue weighted by atomic mass is 16.5. The fourth-order valence-electron chi connectivity index (χ4n) is 1.74. The fourth-order valence-corrected chi connectivity index (χ4v) is 1.74. The molecule has 0 amide bonds. The van der Waals surface area contributed by atoms with Crippen molar-refractivity contribution in [3.05, 3.63) is 24.8 Å². The van der Waals surface area contributed by atoms with Crippen LogP contribution in [-0.2, 0) is 9.53 Å². The van der Waals surface area contributed by atoms with Crippen molar-refractivity contribution in [3.8, 4) is 0 Å². The molecule has 0 spiro atoms. The van der Waals surface area contributed by atoms with Crippen LogP contribution in [0.2, 0.25) is 0 Å². The summed E-state index contributed by atoms with van der Waals surface area (Å²) in [4.78, 5) is 11.1. The molecule has 0 aromatic heterocycles. The van der Waals surface area contributed by atoms with E-state index in [0.29, 0.717) is 12.2 Å². The van der Waals surface area contributed by atoms with Gasteiger partial charge in [-0.1, -0.05) is 51.2 Å². The van der Waals surface area contributed by atoms with Gasteiger partial charge in [0.2, 0.25) is 0 Å². The van der Waals surface area contributed by atoms with Crippen molar-refractivity contribution in [1.29, 1.82) is 0 Å². The smallest absolute Gasteiger partial charge is 0.333 e. The van der Waals surface area contributed by atoms with Crippen molar-refractivity contribution >= 4 is 5.97 Å². The Morgan fingerprint density at radius 2 is 1.50 bits per heavy atom. The average Bonchev–Trinajstić information content (AvgIpc) is 2.35. The highest BCUT2D eigenvalue weighted by Gasteiger charge is 2.01. The van der Waals surface area contributed by atoms with Gasteiger partial charge in [0.15, 0.2) is 0 Å². The van der Waals surface area contributed by atoms with E-state index in [2.05, 4.69) is 13.2 Å². The number of unbranched alkanes of at least 4 members (excludes halogenated alkanes) is 8. The van der Waals surface area contributed by atoms with Crippen molar-refractivity contribution in [2.24, 2.45) is 0 Å². The summed E-state index contributed by atoms with van der Waals surface area (Å²) in [5, 5.41) is 0. The number of hydrogen-bond acceptors (Lipinski definition) is 2. The molecule has 2 heteroatoms. The molecule has 0 aliphatic heterocycles. The Morgan fingerprint density at radius 3 is 2.00 bits per heavy atom. The molecule has 0 saturated heterocycles. The molecule has 0 fully saturated rings. The van der Waals surface area contributed by atoms with Crippen molar-refractivity contribution < 1.29 is 9.53 Å². The van der Waals surface area contributed by atoms with E-state index in [-0.39, 0.29) is 5.97 Å². The molecule has 0 aromatic rings. The minimum absolute atomic E-state index is 0.266. The third-order valence-electron chi connectivity index (χ3n) is 2.88. The van der Waals surface area contributed by atoms with Crippen LogP contribution in [0.1, 0.15) is 64.7 Å². The minimum Gasteiger partial charge on any atom is -0.462 e. The number of esters is 1. The molecule has 0 bridgehead atoms. The van der Waals surface area contributed by atoms with Crippen molar-refractivity contribution in [2.75, 3.05) is 6.61 Å². The molecule has 104 valence electrons. The maximum Gasteiger partial charge on any atom is 0.333 e. The van der Waals surface area contributed by atoms with Gasteiger partial charge in [-0.15, -0.1) is 6.58 Å². The molecule has 0 heterocycles. The van der Waals surface area contributed by atoms with Gasteiger partial charge in [0, 0.05) is 5.57 Å². The zero-order valence-electron chi connectivity index (χ0n) is 11.9. The van der Waals surface area contributed by atoms with Crippen LogP contribution < -0.4 is 0 Å². The van der Waals surface area contributed by atoms with Crippen LogP contribution in [-0.4, -0.2) is 12.6 Å². The molecule has 0 aromatic carbocycles. The molecular formula is C16H28O2. The Balaban J connectivity index is 3.10. The van der Waals surface area contributed by atoms with Crippen LogP contribution in [0.25, 0.3) is 0 Å². The van der Waals surface area contributed by atoms with E-state index in [9.17, 15) is 4.79 Å². The van der Waals surface area contributed by atoms with Crippen LogP contribution in [0.4, 0.5) is 0 Å². The second-order valence-electron chi connectivity index (χ2n) is 4.82. The first-order valence-electron chi connectivity index (χ1n) is 7.12. The lowest BCUT2D eigenvalue weighted by Gasteiger charge is -2.04. The first-order valence-corrected chi connectivity index (χ1v) is 7.12. The standard InChI is InChI=1S/C16H28O2/c1-4-5-6-7-8-9-10-11-12-13-14-18-16(17)15(2)3/h4H,1-2,5-14H2,3H3. The number of ether oxygens (including phenoxy) is 1. The van der Waals surface area contributed by atoms with E-state index >= 15 is 0 Å². The van der Waals surface area contributed by atoms with E-state index in [1.54, 1.807) is 6.92 Å². The summed E-state index contributed by atoms with van der Waals surface area (Å²) in [5.74, 6) is -0.266. The fraction of sp³-hybridized carbons (Fsp3) is 0.688. The Kier molecular flexibility index (Phi) is 11.7. The van der Waals surface area contributed by atoms with Crippen LogP contribution in [0, 0.1) is 0 Å². The molecule has 0 radical (unpaired) electrons. The van der Waals surface area contributed by atoms with E-state index in [1.165, 1.54) is 38.5 Å². The molecular weight excluding hydrogens is 224 g/mol. The van der Waals surface area contributed by atoms with E-state index < -0.39 is 0 Å². The van der Waals surface area contributed by atoms with E-state index in [0.717, 1.165) is 19.3 Å². The summed E-state index contributed by atoms with van der Waals surface area (Å²) in [7, 11) is 0. The number of carbonyl (C=O) groups excluding carboxylic acids is 1. The summed E-state index contributed by atoms with van der Waals surface area (Å²) in [5.41, 5.74) is 0.481. The van der Waals surface area contributed by atoms with Crippen LogP contribution in [0.3, 0.4) is 0 Å². The third kappa shape index (κ3) is 11.4. The lowest BCUT2D eigenvalue weighted by atomic mass is 10.1. The zero-order valence-corrected chi connectivity index (χ0v) is 11.9. The lowest BCUT2D eigenvalue weighted by molar-refractivity contribution is -0.139. The van der Waals surface area contributed by atoms with Gasteiger partial charge in [0.05, 0.1) is 6.61 Å². The predicted molar refractivity (Wildman–Crippen MR) is 77.5 cm³/mol. The first kappa shape index (κ1) is 16.9. The molecule has 0 N–H and O–H groups in total. The van der Waals surface area contributed by atoms with Crippen LogP contribution in [0.5, 0.6) is 0 Å². The summed E-state index contributed by atoms with van der Waals surface area (Å²) >= 11 is 0. The van der Waals surface area contributed by atoms with Gasteiger partial charge in [0.1, 0.15) is 0 Å². The van der Waals surface area contributed by atoms with Gasteiger partial charge >= 0.3 is 5.97 Å². The van der Waals surface area contributed by atoms with Crippen molar-refractivity contribution in [3.63, 3.8) is 0 Å². The average molecular weight is 252 g/mol.